The Kier molecular flexibility index (Phi) is 3.73. The van der Waals surface area contributed by atoms with Crippen LogP contribution in [0.5, 0.6) is 0 Å². The van der Waals surface area contributed by atoms with E-state index in [0.29, 0.717) is 0 Å². The second-order valence-corrected chi connectivity index (χ2v) is 6.55. The Hall–Kier alpha value is -0.190. The maximum atomic E-state index is 4.55. The van der Waals surface area contributed by atoms with Crippen LogP contribution in [0.1, 0.15) is 13.3 Å². The summed E-state index contributed by atoms with van der Waals surface area (Å²) in [7, 11) is 3.68. The van der Waals surface area contributed by atoms with Gasteiger partial charge in [-0.2, -0.15) is 0 Å². The van der Waals surface area contributed by atoms with Gasteiger partial charge in [-0.3, -0.25) is 0 Å². The number of hydrogen-bond acceptors (Lipinski definition) is 4. The summed E-state index contributed by atoms with van der Waals surface area (Å²) in [6, 6.07) is 8.30. The fraction of sp³-hybridized carbons (Fsp3) is 0.300. The number of thiazole rings is 1. The summed E-state index contributed by atoms with van der Waals surface area (Å²) in [6.07, 6.45) is 1.22. The van der Waals surface area contributed by atoms with Crippen LogP contribution in [0, 0.1) is 0 Å². The van der Waals surface area contributed by atoms with Gasteiger partial charge in [-0.15, -0.1) is 11.3 Å². The topological polar surface area (TPSA) is 12.9 Å². The average molecular weight is 241 g/mol. The van der Waals surface area contributed by atoms with E-state index < -0.39 is 0 Å². The molecule has 1 aromatic carbocycles. The zero-order chi connectivity index (χ0) is 9.80. The van der Waals surface area contributed by atoms with Gasteiger partial charge in [0.2, 0.25) is 0 Å². The number of para-hydroxylation sites is 1. The summed E-state index contributed by atoms with van der Waals surface area (Å²) in [5, 5.41) is 0. The Bertz CT molecular complexity index is 377. The second-order valence-electron chi connectivity index (χ2n) is 2.85. The summed E-state index contributed by atoms with van der Waals surface area (Å²) in [6.45, 7) is 2.20. The minimum Gasteiger partial charge on any atom is -0.229 e. The first kappa shape index (κ1) is 10.3. The van der Waals surface area contributed by atoms with Gasteiger partial charge in [0.05, 0.1) is 10.2 Å². The van der Waals surface area contributed by atoms with E-state index >= 15 is 0 Å². The normalized spacial score (nSPS) is 10.9. The van der Waals surface area contributed by atoms with Crippen LogP contribution in [-0.4, -0.2) is 10.7 Å². The maximum absolute atomic E-state index is 4.55. The molecule has 0 radical (unpaired) electrons. The molecule has 0 bridgehead atoms. The number of rotatable bonds is 4. The van der Waals surface area contributed by atoms with Gasteiger partial charge in [0, 0.05) is 5.75 Å². The summed E-state index contributed by atoms with van der Waals surface area (Å²) in [5.74, 6) is 1.20. The Balaban J connectivity index is 2.11. The molecule has 0 fully saturated rings. The van der Waals surface area contributed by atoms with E-state index in [1.54, 1.807) is 22.1 Å². The lowest BCUT2D eigenvalue weighted by Crippen LogP contribution is -1.68. The highest BCUT2D eigenvalue weighted by Crippen LogP contribution is 2.36. The van der Waals surface area contributed by atoms with Gasteiger partial charge in [-0.25, -0.2) is 4.98 Å². The van der Waals surface area contributed by atoms with Crippen molar-refractivity contribution in [3.63, 3.8) is 0 Å². The van der Waals surface area contributed by atoms with Crippen LogP contribution in [0.4, 0.5) is 0 Å². The number of aromatic nitrogens is 1. The zero-order valence-electron chi connectivity index (χ0n) is 7.90. The second kappa shape index (κ2) is 5.05. The summed E-state index contributed by atoms with van der Waals surface area (Å²) in [4.78, 5) is 4.55. The molecule has 2 rings (SSSR count). The molecule has 0 aliphatic rings. The molecule has 74 valence electrons. The molecule has 0 aliphatic heterocycles. The molecule has 0 saturated heterocycles. The fourth-order valence-electron chi connectivity index (χ4n) is 1.06. The first-order valence-corrected chi connectivity index (χ1v) is 7.68. The first-order valence-electron chi connectivity index (χ1n) is 4.55. The van der Waals surface area contributed by atoms with Crippen molar-refractivity contribution in [2.75, 3.05) is 5.75 Å². The molecule has 0 amide bonds. The van der Waals surface area contributed by atoms with Crippen LogP contribution in [0.15, 0.2) is 28.6 Å². The van der Waals surface area contributed by atoms with Crippen LogP contribution >= 0.6 is 32.9 Å². The predicted octanol–water partition coefficient (Wildman–Crippen LogP) is 4.45. The summed E-state index contributed by atoms with van der Waals surface area (Å²) >= 11 is 1.78. The molecular weight excluding hydrogens is 230 g/mol. The molecule has 0 atom stereocenters. The third-order valence-electron chi connectivity index (χ3n) is 1.69. The van der Waals surface area contributed by atoms with Gasteiger partial charge in [0.15, 0.2) is 4.34 Å². The van der Waals surface area contributed by atoms with E-state index in [0.717, 1.165) is 5.52 Å². The Morgan fingerprint density at radius 1 is 1.36 bits per heavy atom. The fourth-order valence-corrected chi connectivity index (χ4v) is 4.55. The van der Waals surface area contributed by atoms with Crippen molar-refractivity contribution in [2.45, 2.75) is 17.7 Å². The van der Waals surface area contributed by atoms with Gasteiger partial charge >= 0.3 is 0 Å². The number of benzene rings is 1. The molecule has 1 aromatic heterocycles. The van der Waals surface area contributed by atoms with Gasteiger partial charge in [0.1, 0.15) is 0 Å². The lowest BCUT2D eigenvalue weighted by molar-refractivity contribution is 1.11. The summed E-state index contributed by atoms with van der Waals surface area (Å²) in [5.41, 5.74) is 1.12. The van der Waals surface area contributed by atoms with Crippen LogP contribution in [-0.2, 0) is 0 Å². The van der Waals surface area contributed by atoms with Crippen molar-refractivity contribution < 1.29 is 0 Å². The van der Waals surface area contributed by atoms with Gasteiger partial charge in [0.25, 0.3) is 0 Å². The third kappa shape index (κ3) is 2.43. The van der Waals surface area contributed by atoms with E-state index in [1.165, 1.54) is 21.2 Å². The van der Waals surface area contributed by atoms with Crippen molar-refractivity contribution in [1.29, 1.82) is 0 Å². The molecule has 4 heteroatoms. The lowest BCUT2D eigenvalue weighted by Gasteiger charge is -1.91. The molecule has 0 spiro atoms. The monoisotopic (exact) mass is 241 g/mol. The smallest absolute Gasteiger partial charge is 0.161 e. The maximum Gasteiger partial charge on any atom is 0.161 e. The van der Waals surface area contributed by atoms with E-state index in [4.69, 9.17) is 0 Å². The van der Waals surface area contributed by atoms with Crippen molar-refractivity contribution in [2.24, 2.45) is 0 Å². The highest BCUT2D eigenvalue weighted by atomic mass is 33.1. The third-order valence-corrected chi connectivity index (χ3v) is 5.59. The molecule has 1 nitrogen and oxygen atoms in total. The van der Waals surface area contributed by atoms with Crippen molar-refractivity contribution >= 4 is 43.1 Å². The minimum absolute atomic E-state index is 1.12. The van der Waals surface area contributed by atoms with Gasteiger partial charge < -0.3 is 0 Å². The largest absolute Gasteiger partial charge is 0.229 e. The Morgan fingerprint density at radius 3 is 3.00 bits per heavy atom. The molecule has 2 aromatic rings. The van der Waals surface area contributed by atoms with E-state index in [-0.39, 0.29) is 0 Å². The van der Waals surface area contributed by atoms with Crippen molar-refractivity contribution in [1.82, 2.24) is 4.98 Å². The average Bonchev–Trinajstić information content (AvgIpc) is 2.60. The van der Waals surface area contributed by atoms with Crippen LogP contribution < -0.4 is 0 Å². The molecule has 0 saturated carbocycles. The molecular formula is C10H11NS3. The number of nitrogens with zero attached hydrogens (tertiary/aromatic N) is 1. The highest BCUT2D eigenvalue weighted by molar-refractivity contribution is 8.77. The van der Waals surface area contributed by atoms with E-state index in [2.05, 4.69) is 30.1 Å². The van der Waals surface area contributed by atoms with Crippen LogP contribution in [0.3, 0.4) is 0 Å². The number of hydrogen-bond donors (Lipinski definition) is 0. The molecule has 0 unspecified atom stereocenters. The molecule has 1 heterocycles. The Morgan fingerprint density at radius 2 is 2.21 bits per heavy atom. The number of fused-ring (bicyclic) bond motifs is 1. The van der Waals surface area contributed by atoms with Gasteiger partial charge in [-0.1, -0.05) is 29.9 Å². The molecule has 14 heavy (non-hydrogen) atoms. The summed E-state index contributed by atoms with van der Waals surface area (Å²) < 4.78 is 2.46. The standard InChI is InChI=1S/C10H11NS3/c1-2-7-12-14-10-11-8-5-3-4-6-9(8)13-10/h3-6H,2,7H2,1H3. The molecule has 0 N–H and O–H groups in total. The highest BCUT2D eigenvalue weighted by Gasteiger charge is 2.02. The van der Waals surface area contributed by atoms with E-state index in [9.17, 15) is 0 Å². The van der Waals surface area contributed by atoms with Gasteiger partial charge in [-0.05, 0) is 29.3 Å². The lowest BCUT2D eigenvalue weighted by atomic mass is 10.3. The Labute approximate surface area is 95.7 Å². The first-order chi connectivity index (χ1) is 6.90. The quantitative estimate of drug-likeness (QED) is 0.580. The van der Waals surface area contributed by atoms with E-state index in [1.807, 2.05) is 16.9 Å². The zero-order valence-corrected chi connectivity index (χ0v) is 10.3. The minimum atomic E-state index is 1.12. The van der Waals surface area contributed by atoms with Crippen LogP contribution in [0.2, 0.25) is 0 Å². The van der Waals surface area contributed by atoms with Crippen molar-refractivity contribution in [3.8, 4) is 0 Å². The van der Waals surface area contributed by atoms with Crippen LogP contribution in [0.25, 0.3) is 10.2 Å². The molecule has 0 aliphatic carbocycles. The van der Waals surface area contributed by atoms with Crippen molar-refractivity contribution in [3.05, 3.63) is 24.3 Å². The SMILES string of the molecule is CCCSSc1nc2ccccc2s1. The predicted molar refractivity (Wildman–Crippen MR) is 68.2 cm³/mol.